The van der Waals surface area contributed by atoms with E-state index in [2.05, 4.69) is 4.74 Å². The lowest BCUT2D eigenvalue weighted by atomic mass is 10.1. The van der Waals surface area contributed by atoms with Crippen molar-refractivity contribution in [1.29, 1.82) is 10.5 Å². The molecule has 0 heterocycles. The van der Waals surface area contributed by atoms with Gasteiger partial charge < -0.3 is 14.2 Å². The average molecular weight is 412 g/mol. The van der Waals surface area contributed by atoms with Crippen LogP contribution in [0.5, 0.6) is 11.5 Å². The fourth-order valence-electron chi connectivity index (χ4n) is 2.70. The Morgan fingerprint density at radius 3 is 2.10 bits per heavy atom. The molecule has 31 heavy (non-hydrogen) atoms. The molecule has 0 aliphatic rings. The molecular formula is C24H16N2O5. The zero-order valence-corrected chi connectivity index (χ0v) is 16.5. The van der Waals surface area contributed by atoms with Crippen molar-refractivity contribution in [1.82, 2.24) is 0 Å². The van der Waals surface area contributed by atoms with Crippen molar-refractivity contribution in [2.75, 3.05) is 7.11 Å². The lowest BCUT2D eigenvalue weighted by Gasteiger charge is -2.09. The molecule has 0 radical (unpaired) electrons. The quantitative estimate of drug-likeness (QED) is 0.553. The van der Waals surface area contributed by atoms with Crippen LogP contribution in [-0.2, 0) is 16.1 Å². The van der Waals surface area contributed by atoms with Gasteiger partial charge in [0.1, 0.15) is 35.8 Å². The van der Waals surface area contributed by atoms with Crippen molar-refractivity contribution < 1.29 is 23.8 Å². The Bertz CT molecular complexity index is 1190. The minimum atomic E-state index is -0.521. The van der Waals surface area contributed by atoms with E-state index in [9.17, 15) is 14.9 Å². The third-order valence-electron chi connectivity index (χ3n) is 4.32. The molecule has 0 atom stereocenters. The number of methoxy groups -OCH3 is 1. The second-order valence-electron chi connectivity index (χ2n) is 6.29. The SMILES string of the molecule is COC(=O)c1ccc(COC(=O)c2ccc(Oc3cccc(C#N)c3C#N)cc2)cc1. The molecule has 3 rings (SSSR count). The molecule has 7 nitrogen and oxygen atoms in total. The second kappa shape index (κ2) is 9.73. The van der Waals surface area contributed by atoms with Crippen LogP contribution in [0.25, 0.3) is 0 Å². The van der Waals surface area contributed by atoms with Crippen LogP contribution in [0.1, 0.15) is 37.4 Å². The van der Waals surface area contributed by atoms with E-state index in [0.29, 0.717) is 16.9 Å². The van der Waals surface area contributed by atoms with E-state index < -0.39 is 11.9 Å². The van der Waals surface area contributed by atoms with Crippen LogP contribution < -0.4 is 4.74 Å². The summed E-state index contributed by atoms with van der Waals surface area (Å²) in [5, 5.41) is 18.4. The van der Waals surface area contributed by atoms with E-state index >= 15 is 0 Å². The predicted molar refractivity (Wildman–Crippen MR) is 109 cm³/mol. The molecule has 0 saturated heterocycles. The van der Waals surface area contributed by atoms with Gasteiger partial charge in [-0.15, -0.1) is 0 Å². The van der Waals surface area contributed by atoms with Gasteiger partial charge in [-0.05, 0) is 54.1 Å². The first-order valence-corrected chi connectivity index (χ1v) is 9.11. The minimum absolute atomic E-state index is 0.0466. The normalized spacial score (nSPS) is 9.77. The lowest BCUT2D eigenvalue weighted by molar-refractivity contribution is 0.0471. The van der Waals surface area contributed by atoms with Crippen molar-refractivity contribution in [2.45, 2.75) is 6.61 Å². The fraction of sp³-hybridized carbons (Fsp3) is 0.0833. The topological polar surface area (TPSA) is 109 Å². The Kier molecular flexibility index (Phi) is 6.62. The zero-order valence-electron chi connectivity index (χ0n) is 16.5. The molecular weight excluding hydrogens is 396 g/mol. The molecule has 0 spiro atoms. The first kappa shape index (κ1) is 21.1. The maximum absolute atomic E-state index is 12.3. The number of rotatable bonds is 6. The highest BCUT2D eigenvalue weighted by Gasteiger charge is 2.12. The lowest BCUT2D eigenvalue weighted by Crippen LogP contribution is -2.06. The molecule has 7 heteroatoms. The van der Waals surface area contributed by atoms with Crippen molar-refractivity contribution in [3.8, 4) is 23.6 Å². The molecule has 3 aromatic carbocycles. The Balaban J connectivity index is 1.63. The van der Waals surface area contributed by atoms with Crippen LogP contribution in [0.4, 0.5) is 0 Å². The second-order valence-corrected chi connectivity index (χ2v) is 6.29. The molecule has 0 aliphatic carbocycles. The summed E-state index contributed by atoms with van der Waals surface area (Å²) in [6.07, 6.45) is 0. The van der Waals surface area contributed by atoms with Crippen LogP contribution in [0.2, 0.25) is 0 Å². The Morgan fingerprint density at radius 1 is 0.839 bits per heavy atom. The standard InChI is InChI=1S/C24H16N2O5/c1-29-23(27)17-7-5-16(6-8-17)15-30-24(28)18-9-11-20(12-10-18)31-22-4-2-3-19(13-25)21(22)14-26/h2-12H,15H2,1H3. The number of esters is 2. The summed E-state index contributed by atoms with van der Waals surface area (Å²) in [6, 6.07) is 21.4. The molecule has 0 aliphatic heterocycles. The predicted octanol–water partition coefficient (Wildman–Crippen LogP) is 4.37. The number of carbonyl (C=O) groups excluding carboxylic acids is 2. The number of hydrogen-bond donors (Lipinski definition) is 0. The maximum atomic E-state index is 12.3. The monoisotopic (exact) mass is 412 g/mol. The van der Waals surface area contributed by atoms with E-state index in [1.165, 1.54) is 25.3 Å². The van der Waals surface area contributed by atoms with Crippen molar-refractivity contribution in [3.63, 3.8) is 0 Å². The summed E-state index contributed by atoms with van der Waals surface area (Å²) in [6.45, 7) is 0.0466. The summed E-state index contributed by atoms with van der Waals surface area (Å²) < 4.78 is 15.6. The third kappa shape index (κ3) is 5.06. The molecule has 0 aromatic heterocycles. The molecule has 0 amide bonds. The Hall–Kier alpha value is -4.62. The summed E-state index contributed by atoms with van der Waals surface area (Å²) >= 11 is 0. The Labute approximate surface area is 178 Å². The molecule has 0 saturated carbocycles. The van der Waals surface area contributed by atoms with Gasteiger partial charge in [-0.25, -0.2) is 9.59 Å². The van der Waals surface area contributed by atoms with Crippen LogP contribution in [-0.4, -0.2) is 19.0 Å². The van der Waals surface area contributed by atoms with E-state index in [4.69, 9.17) is 14.7 Å². The zero-order chi connectivity index (χ0) is 22.2. The summed E-state index contributed by atoms with van der Waals surface area (Å²) in [5.74, 6) is -0.298. The summed E-state index contributed by atoms with van der Waals surface area (Å²) in [5.41, 5.74) is 1.83. The number of carbonyl (C=O) groups is 2. The largest absolute Gasteiger partial charge is 0.465 e. The van der Waals surface area contributed by atoms with Crippen molar-refractivity contribution >= 4 is 11.9 Å². The van der Waals surface area contributed by atoms with Crippen LogP contribution in [0.15, 0.2) is 66.7 Å². The van der Waals surface area contributed by atoms with Gasteiger partial charge in [0.05, 0.1) is 23.8 Å². The fourth-order valence-corrected chi connectivity index (χ4v) is 2.70. The first-order chi connectivity index (χ1) is 15.0. The van der Waals surface area contributed by atoms with E-state index in [0.717, 1.165) is 5.56 Å². The maximum Gasteiger partial charge on any atom is 0.338 e. The van der Waals surface area contributed by atoms with Gasteiger partial charge in [-0.3, -0.25) is 0 Å². The number of nitrogens with zero attached hydrogens (tertiary/aromatic N) is 2. The minimum Gasteiger partial charge on any atom is -0.465 e. The Morgan fingerprint density at radius 2 is 1.48 bits per heavy atom. The van der Waals surface area contributed by atoms with Gasteiger partial charge in [0.25, 0.3) is 0 Å². The summed E-state index contributed by atoms with van der Waals surface area (Å²) in [7, 11) is 1.31. The van der Waals surface area contributed by atoms with E-state index in [1.54, 1.807) is 48.5 Å². The average Bonchev–Trinajstić information content (AvgIpc) is 2.82. The number of benzene rings is 3. The van der Waals surface area contributed by atoms with Gasteiger partial charge in [0.2, 0.25) is 0 Å². The number of hydrogen-bond acceptors (Lipinski definition) is 7. The van der Waals surface area contributed by atoms with Crippen molar-refractivity contribution in [3.05, 3.63) is 94.5 Å². The summed E-state index contributed by atoms with van der Waals surface area (Å²) in [4.78, 5) is 23.7. The van der Waals surface area contributed by atoms with Gasteiger partial charge in [-0.1, -0.05) is 18.2 Å². The third-order valence-corrected chi connectivity index (χ3v) is 4.32. The molecule has 0 unspecified atom stereocenters. The van der Waals surface area contributed by atoms with Crippen LogP contribution >= 0.6 is 0 Å². The first-order valence-electron chi connectivity index (χ1n) is 9.11. The molecule has 0 N–H and O–H groups in total. The number of ether oxygens (including phenoxy) is 3. The van der Waals surface area contributed by atoms with Crippen molar-refractivity contribution in [2.24, 2.45) is 0 Å². The molecule has 152 valence electrons. The molecule has 0 fully saturated rings. The van der Waals surface area contributed by atoms with Gasteiger partial charge in [0.15, 0.2) is 0 Å². The van der Waals surface area contributed by atoms with E-state index in [-0.39, 0.29) is 23.5 Å². The highest BCUT2D eigenvalue weighted by Crippen LogP contribution is 2.27. The molecule has 0 bridgehead atoms. The molecule has 3 aromatic rings. The smallest absolute Gasteiger partial charge is 0.338 e. The van der Waals surface area contributed by atoms with Gasteiger partial charge >= 0.3 is 11.9 Å². The number of nitriles is 2. The van der Waals surface area contributed by atoms with Crippen LogP contribution in [0, 0.1) is 22.7 Å². The van der Waals surface area contributed by atoms with Crippen LogP contribution in [0.3, 0.4) is 0 Å². The highest BCUT2D eigenvalue weighted by molar-refractivity contribution is 5.90. The van der Waals surface area contributed by atoms with E-state index in [1.807, 2.05) is 12.1 Å². The van der Waals surface area contributed by atoms with Gasteiger partial charge in [-0.2, -0.15) is 10.5 Å². The highest BCUT2D eigenvalue weighted by atomic mass is 16.5. The van der Waals surface area contributed by atoms with Gasteiger partial charge in [0, 0.05) is 0 Å².